The standard InChI is InChI=1S/C19H25NO2/c1-13-10-14(2)19(15(3)11-13)20-12-16(4)22-18-8-6-17(21-5)7-9-18/h6-11,16,20H,12H2,1-5H3. The van der Waals surface area contributed by atoms with Gasteiger partial charge in [0.1, 0.15) is 17.6 Å². The first-order valence-electron chi connectivity index (χ1n) is 7.62. The molecule has 0 fully saturated rings. The predicted octanol–water partition coefficient (Wildman–Crippen LogP) is 4.50. The van der Waals surface area contributed by atoms with Crippen LogP contribution < -0.4 is 14.8 Å². The van der Waals surface area contributed by atoms with Crippen LogP contribution >= 0.6 is 0 Å². The van der Waals surface area contributed by atoms with E-state index in [4.69, 9.17) is 9.47 Å². The van der Waals surface area contributed by atoms with Gasteiger partial charge in [0.25, 0.3) is 0 Å². The first kappa shape index (κ1) is 16.2. The van der Waals surface area contributed by atoms with Crippen molar-refractivity contribution in [3.05, 3.63) is 53.1 Å². The van der Waals surface area contributed by atoms with Crippen LogP contribution in [0.2, 0.25) is 0 Å². The zero-order valence-corrected chi connectivity index (χ0v) is 14.1. The van der Waals surface area contributed by atoms with E-state index < -0.39 is 0 Å². The molecular weight excluding hydrogens is 274 g/mol. The molecule has 118 valence electrons. The van der Waals surface area contributed by atoms with Crippen molar-refractivity contribution < 1.29 is 9.47 Å². The van der Waals surface area contributed by atoms with Gasteiger partial charge in [-0.25, -0.2) is 0 Å². The van der Waals surface area contributed by atoms with Crippen molar-refractivity contribution in [3.63, 3.8) is 0 Å². The van der Waals surface area contributed by atoms with Crippen LogP contribution in [0.5, 0.6) is 11.5 Å². The average molecular weight is 299 g/mol. The number of rotatable bonds is 6. The maximum atomic E-state index is 5.92. The van der Waals surface area contributed by atoms with Gasteiger partial charge < -0.3 is 14.8 Å². The van der Waals surface area contributed by atoms with Gasteiger partial charge in [-0.1, -0.05) is 17.7 Å². The molecule has 0 aromatic heterocycles. The molecule has 2 aromatic rings. The first-order valence-corrected chi connectivity index (χ1v) is 7.62. The molecular formula is C19H25NO2. The Balaban J connectivity index is 1.93. The number of ether oxygens (including phenoxy) is 2. The number of anilines is 1. The molecule has 0 bridgehead atoms. The topological polar surface area (TPSA) is 30.5 Å². The summed E-state index contributed by atoms with van der Waals surface area (Å²) in [6.45, 7) is 9.22. The molecule has 2 aromatic carbocycles. The number of methoxy groups -OCH3 is 1. The van der Waals surface area contributed by atoms with E-state index in [1.165, 1.54) is 22.4 Å². The highest BCUT2D eigenvalue weighted by atomic mass is 16.5. The number of nitrogens with one attached hydrogen (secondary N) is 1. The Labute approximate surface area is 133 Å². The molecule has 0 saturated carbocycles. The lowest BCUT2D eigenvalue weighted by atomic mass is 10.1. The van der Waals surface area contributed by atoms with Crippen molar-refractivity contribution in [2.24, 2.45) is 0 Å². The molecule has 22 heavy (non-hydrogen) atoms. The van der Waals surface area contributed by atoms with Crippen LogP contribution in [0.1, 0.15) is 23.6 Å². The second kappa shape index (κ2) is 7.21. The lowest BCUT2D eigenvalue weighted by Crippen LogP contribution is -2.23. The van der Waals surface area contributed by atoms with E-state index >= 15 is 0 Å². The Morgan fingerprint density at radius 3 is 2.05 bits per heavy atom. The van der Waals surface area contributed by atoms with Crippen molar-refractivity contribution in [1.82, 2.24) is 0 Å². The van der Waals surface area contributed by atoms with Crippen molar-refractivity contribution in [2.75, 3.05) is 19.0 Å². The average Bonchev–Trinajstić information content (AvgIpc) is 2.47. The summed E-state index contributed by atoms with van der Waals surface area (Å²) in [6, 6.07) is 12.1. The zero-order chi connectivity index (χ0) is 16.1. The SMILES string of the molecule is COc1ccc(OC(C)CNc2c(C)cc(C)cc2C)cc1. The highest BCUT2D eigenvalue weighted by Crippen LogP contribution is 2.22. The molecule has 0 amide bonds. The molecule has 3 heteroatoms. The largest absolute Gasteiger partial charge is 0.497 e. The van der Waals surface area contributed by atoms with Gasteiger partial charge in [-0.15, -0.1) is 0 Å². The molecule has 0 heterocycles. The minimum Gasteiger partial charge on any atom is -0.497 e. The molecule has 0 spiro atoms. The van der Waals surface area contributed by atoms with Crippen LogP contribution in [0.25, 0.3) is 0 Å². The molecule has 0 radical (unpaired) electrons. The number of benzene rings is 2. The van der Waals surface area contributed by atoms with Crippen LogP contribution in [-0.4, -0.2) is 19.8 Å². The summed E-state index contributed by atoms with van der Waals surface area (Å²) >= 11 is 0. The van der Waals surface area contributed by atoms with Crippen LogP contribution in [0, 0.1) is 20.8 Å². The summed E-state index contributed by atoms with van der Waals surface area (Å²) in [5.74, 6) is 1.69. The van der Waals surface area contributed by atoms with Gasteiger partial charge >= 0.3 is 0 Å². The second-order valence-electron chi connectivity index (χ2n) is 5.76. The minimum atomic E-state index is 0.0773. The fourth-order valence-corrected chi connectivity index (χ4v) is 2.63. The summed E-state index contributed by atoms with van der Waals surface area (Å²) in [4.78, 5) is 0. The normalized spacial score (nSPS) is 11.9. The van der Waals surface area contributed by atoms with Crippen molar-refractivity contribution in [2.45, 2.75) is 33.8 Å². The monoisotopic (exact) mass is 299 g/mol. The minimum absolute atomic E-state index is 0.0773. The fraction of sp³-hybridized carbons (Fsp3) is 0.368. The Kier molecular flexibility index (Phi) is 5.31. The number of hydrogen-bond donors (Lipinski definition) is 1. The Morgan fingerprint density at radius 1 is 0.955 bits per heavy atom. The molecule has 0 aliphatic heterocycles. The fourth-order valence-electron chi connectivity index (χ4n) is 2.63. The van der Waals surface area contributed by atoms with E-state index in [1.54, 1.807) is 7.11 Å². The highest BCUT2D eigenvalue weighted by molar-refractivity contribution is 5.58. The summed E-state index contributed by atoms with van der Waals surface area (Å²) in [6.07, 6.45) is 0.0773. The van der Waals surface area contributed by atoms with E-state index in [-0.39, 0.29) is 6.10 Å². The van der Waals surface area contributed by atoms with E-state index in [1.807, 2.05) is 24.3 Å². The molecule has 0 saturated heterocycles. The summed E-state index contributed by atoms with van der Waals surface area (Å²) in [5.41, 5.74) is 5.04. The summed E-state index contributed by atoms with van der Waals surface area (Å²) < 4.78 is 11.1. The highest BCUT2D eigenvalue weighted by Gasteiger charge is 2.08. The van der Waals surface area contributed by atoms with E-state index in [0.29, 0.717) is 0 Å². The first-order chi connectivity index (χ1) is 10.5. The summed E-state index contributed by atoms with van der Waals surface area (Å²) in [7, 11) is 1.66. The van der Waals surface area contributed by atoms with E-state index in [2.05, 4.69) is 45.1 Å². The van der Waals surface area contributed by atoms with E-state index in [9.17, 15) is 0 Å². The van der Waals surface area contributed by atoms with Crippen molar-refractivity contribution >= 4 is 5.69 Å². The van der Waals surface area contributed by atoms with Crippen LogP contribution in [0.4, 0.5) is 5.69 Å². The Morgan fingerprint density at radius 2 is 1.50 bits per heavy atom. The predicted molar refractivity (Wildman–Crippen MR) is 92.2 cm³/mol. The summed E-state index contributed by atoms with van der Waals surface area (Å²) in [5, 5.41) is 3.50. The second-order valence-corrected chi connectivity index (χ2v) is 5.76. The van der Waals surface area contributed by atoms with Gasteiger partial charge in [-0.2, -0.15) is 0 Å². The molecule has 0 aliphatic rings. The lowest BCUT2D eigenvalue weighted by molar-refractivity contribution is 0.234. The van der Waals surface area contributed by atoms with Crippen molar-refractivity contribution in [1.29, 1.82) is 0 Å². The van der Waals surface area contributed by atoms with Gasteiger partial charge in [0, 0.05) is 5.69 Å². The number of hydrogen-bond acceptors (Lipinski definition) is 3. The molecule has 1 N–H and O–H groups in total. The zero-order valence-electron chi connectivity index (χ0n) is 14.1. The molecule has 1 atom stereocenters. The van der Waals surface area contributed by atoms with Gasteiger partial charge in [0.2, 0.25) is 0 Å². The molecule has 2 rings (SSSR count). The van der Waals surface area contributed by atoms with Gasteiger partial charge in [0.15, 0.2) is 0 Å². The third kappa shape index (κ3) is 4.17. The van der Waals surface area contributed by atoms with Gasteiger partial charge in [-0.05, 0) is 63.1 Å². The van der Waals surface area contributed by atoms with E-state index in [0.717, 1.165) is 18.0 Å². The van der Waals surface area contributed by atoms with Crippen LogP contribution in [0.15, 0.2) is 36.4 Å². The van der Waals surface area contributed by atoms with Gasteiger partial charge in [0.05, 0.1) is 13.7 Å². The third-order valence-corrected chi connectivity index (χ3v) is 3.64. The smallest absolute Gasteiger partial charge is 0.120 e. The maximum Gasteiger partial charge on any atom is 0.120 e. The Bertz CT molecular complexity index is 597. The molecule has 0 aliphatic carbocycles. The quantitative estimate of drug-likeness (QED) is 0.852. The lowest BCUT2D eigenvalue weighted by Gasteiger charge is -2.19. The maximum absolute atomic E-state index is 5.92. The third-order valence-electron chi connectivity index (χ3n) is 3.64. The van der Waals surface area contributed by atoms with Crippen molar-refractivity contribution in [3.8, 4) is 11.5 Å². The molecule has 1 unspecified atom stereocenters. The van der Waals surface area contributed by atoms with Gasteiger partial charge in [-0.3, -0.25) is 0 Å². The van der Waals surface area contributed by atoms with Crippen LogP contribution in [0.3, 0.4) is 0 Å². The molecule has 3 nitrogen and oxygen atoms in total. The van der Waals surface area contributed by atoms with Crippen LogP contribution in [-0.2, 0) is 0 Å². The number of aryl methyl sites for hydroxylation is 3. The Hall–Kier alpha value is -2.16.